The Kier molecular flexibility index (Phi) is 9.42. The van der Waals surface area contributed by atoms with E-state index < -0.39 is 0 Å². The van der Waals surface area contributed by atoms with Gasteiger partial charge in [-0.3, -0.25) is 4.79 Å². The monoisotopic (exact) mass is 598 g/mol. The van der Waals surface area contributed by atoms with Gasteiger partial charge in [0, 0.05) is 67.2 Å². The predicted octanol–water partition coefficient (Wildman–Crippen LogP) is 5.20. The first-order valence-electron chi connectivity index (χ1n) is 14.7. The van der Waals surface area contributed by atoms with Crippen molar-refractivity contribution < 1.29 is 23.4 Å². The number of H-pyrrole nitrogens is 1. The molecule has 2 aromatic heterocycles. The van der Waals surface area contributed by atoms with Crippen LogP contribution in [-0.4, -0.2) is 77.2 Å². The molecule has 3 atom stereocenters. The number of benzene rings is 2. The van der Waals surface area contributed by atoms with E-state index in [0.717, 1.165) is 68.6 Å². The average Bonchev–Trinajstić information content (AvgIpc) is 3.59. The number of fused-ring (bicyclic) bond motifs is 2. The Balaban J connectivity index is 0.00000353. The van der Waals surface area contributed by atoms with Crippen LogP contribution in [0.3, 0.4) is 0 Å². The van der Waals surface area contributed by atoms with Crippen LogP contribution in [0, 0.1) is 17.7 Å². The van der Waals surface area contributed by atoms with Crippen LogP contribution in [0.15, 0.2) is 53.1 Å². The molecule has 10 heteroatoms. The number of hydrogen-bond donors (Lipinski definition) is 3. The standard InChI is InChI=1S/C32H39FN4O4.ClH/c1-20-16-37(17-21(2)31(20)38)13-12-36-10-8-24(9-11-36)34-32(39)28-15-26-27(35-28)4-3-5-29(26)40-18-22-19-41-30-7-6-23(33)14-25(22)30;/h3-7,14-15,19-21,24,31,35,38H,8-13,16-18H2,1-2H3,(H,34,39);1H/t20-,21+,31?;. The van der Waals surface area contributed by atoms with Gasteiger partial charge in [0.25, 0.3) is 5.91 Å². The van der Waals surface area contributed by atoms with E-state index in [1.165, 1.54) is 12.1 Å². The van der Waals surface area contributed by atoms with Gasteiger partial charge in [-0.15, -0.1) is 12.4 Å². The van der Waals surface area contributed by atoms with Crippen LogP contribution in [0.5, 0.6) is 5.75 Å². The Morgan fingerprint density at radius 3 is 2.57 bits per heavy atom. The number of rotatable bonds is 8. The number of carbonyl (C=O) groups is 1. The van der Waals surface area contributed by atoms with Gasteiger partial charge in [0.15, 0.2) is 0 Å². The van der Waals surface area contributed by atoms with Gasteiger partial charge in [0.1, 0.15) is 29.5 Å². The molecule has 0 spiro atoms. The number of aliphatic hydroxyl groups excluding tert-OH is 1. The normalized spacial score (nSPS) is 22.3. The molecule has 1 unspecified atom stereocenters. The Bertz CT molecular complexity index is 1500. The van der Waals surface area contributed by atoms with Crippen LogP contribution in [0.25, 0.3) is 21.9 Å². The fourth-order valence-electron chi connectivity index (χ4n) is 6.39. The van der Waals surface area contributed by atoms with Gasteiger partial charge in [0.05, 0.1) is 12.4 Å². The highest BCUT2D eigenvalue weighted by molar-refractivity contribution is 5.99. The molecule has 2 aliphatic heterocycles. The summed E-state index contributed by atoms with van der Waals surface area (Å²) in [6, 6.07) is 12.1. The Hall–Kier alpha value is -3.11. The zero-order chi connectivity index (χ0) is 28.5. The number of furan rings is 1. The summed E-state index contributed by atoms with van der Waals surface area (Å²) in [5.41, 5.74) is 2.70. The highest BCUT2D eigenvalue weighted by Crippen LogP contribution is 2.29. The number of amides is 1. The summed E-state index contributed by atoms with van der Waals surface area (Å²) in [4.78, 5) is 21.3. The zero-order valence-corrected chi connectivity index (χ0v) is 25.0. The second kappa shape index (κ2) is 13.0. The molecule has 1 amide bonds. The van der Waals surface area contributed by atoms with E-state index in [2.05, 4.69) is 33.9 Å². The highest BCUT2D eigenvalue weighted by atomic mass is 35.5. The third-order valence-corrected chi connectivity index (χ3v) is 8.78. The van der Waals surface area contributed by atoms with Crippen molar-refractivity contribution in [2.75, 3.05) is 39.3 Å². The summed E-state index contributed by atoms with van der Waals surface area (Å²) in [5.74, 6) is 0.836. The van der Waals surface area contributed by atoms with Crippen LogP contribution in [0.4, 0.5) is 4.39 Å². The van der Waals surface area contributed by atoms with E-state index in [9.17, 15) is 14.3 Å². The molecule has 2 saturated heterocycles. The molecule has 2 aliphatic rings. The number of aromatic nitrogens is 1. The summed E-state index contributed by atoms with van der Waals surface area (Å²) in [6.07, 6.45) is 3.23. The molecule has 0 radical (unpaired) electrons. The summed E-state index contributed by atoms with van der Waals surface area (Å²) in [5, 5.41) is 14.9. The van der Waals surface area contributed by atoms with Gasteiger partial charge < -0.3 is 34.4 Å². The average molecular weight is 599 g/mol. The number of nitrogens with zero attached hydrogens (tertiary/aromatic N) is 2. The molecule has 8 nitrogen and oxygen atoms in total. The highest BCUT2D eigenvalue weighted by Gasteiger charge is 2.30. The SMILES string of the molecule is C[C@@H]1CN(CCN2CCC(NC(=O)c3cc4c(OCc5coc6ccc(F)cc56)cccc4[nH]3)CC2)C[C@H](C)C1O.Cl. The lowest BCUT2D eigenvalue weighted by Gasteiger charge is -2.40. The first-order chi connectivity index (χ1) is 19.8. The van der Waals surface area contributed by atoms with Gasteiger partial charge in [-0.2, -0.15) is 0 Å². The van der Waals surface area contributed by atoms with Crippen molar-refractivity contribution in [2.45, 2.75) is 45.4 Å². The van der Waals surface area contributed by atoms with Gasteiger partial charge in [-0.1, -0.05) is 19.9 Å². The topological polar surface area (TPSA) is 94.0 Å². The van der Waals surface area contributed by atoms with Crippen LogP contribution >= 0.6 is 12.4 Å². The van der Waals surface area contributed by atoms with Crippen LogP contribution in [0.1, 0.15) is 42.7 Å². The largest absolute Gasteiger partial charge is 0.488 e. The number of ether oxygens (including phenoxy) is 1. The minimum Gasteiger partial charge on any atom is -0.488 e. The zero-order valence-electron chi connectivity index (χ0n) is 24.1. The van der Waals surface area contributed by atoms with Gasteiger partial charge >= 0.3 is 0 Å². The second-order valence-corrected chi connectivity index (χ2v) is 11.9. The van der Waals surface area contributed by atoms with Crippen LogP contribution in [-0.2, 0) is 6.61 Å². The molecular formula is C32H40ClFN4O4. The van der Waals surface area contributed by atoms with Gasteiger partial charge in [-0.25, -0.2) is 4.39 Å². The lowest BCUT2D eigenvalue weighted by molar-refractivity contribution is -0.0109. The Morgan fingerprint density at radius 1 is 1.07 bits per heavy atom. The maximum absolute atomic E-state index is 13.7. The third-order valence-electron chi connectivity index (χ3n) is 8.78. The summed E-state index contributed by atoms with van der Waals surface area (Å²) < 4.78 is 25.4. The first kappa shape index (κ1) is 30.4. The molecule has 226 valence electrons. The minimum atomic E-state index is -0.322. The fourth-order valence-corrected chi connectivity index (χ4v) is 6.39. The maximum atomic E-state index is 13.7. The van der Waals surface area contributed by atoms with Crippen molar-refractivity contribution >= 4 is 40.2 Å². The summed E-state index contributed by atoms with van der Waals surface area (Å²) in [6.45, 7) is 10.4. The van der Waals surface area contributed by atoms with Crippen molar-refractivity contribution in [3.63, 3.8) is 0 Å². The maximum Gasteiger partial charge on any atom is 0.267 e. The van der Waals surface area contributed by atoms with Crippen molar-refractivity contribution in [3.05, 3.63) is 65.8 Å². The lowest BCUT2D eigenvalue weighted by atomic mass is 9.88. The minimum absolute atomic E-state index is 0. The van der Waals surface area contributed by atoms with E-state index >= 15 is 0 Å². The second-order valence-electron chi connectivity index (χ2n) is 11.9. The molecule has 0 saturated carbocycles. The number of likely N-dealkylation sites (tertiary alicyclic amines) is 2. The fraction of sp³-hybridized carbons (Fsp3) is 0.469. The Morgan fingerprint density at radius 2 is 1.81 bits per heavy atom. The molecule has 4 aromatic rings. The first-order valence-corrected chi connectivity index (χ1v) is 14.7. The summed E-state index contributed by atoms with van der Waals surface area (Å²) in [7, 11) is 0. The molecule has 0 bridgehead atoms. The van der Waals surface area contributed by atoms with E-state index in [-0.39, 0.29) is 42.9 Å². The van der Waals surface area contributed by atoms with Gasteiger partial charge in [0.2, 0.25) is 0 Å². The molecule has 2 fully saturated rings. The number of piperidine rings is 2. The van der Waals surface area contributed by atoms with Crippen molar-refractivity contribution in [1.82, 2.24) is 20.1 Å². The number of carbonyl (C=O) groups excluding carboxylic acids is 1. The number of nitrogens with one attached hydrogen (secondary N) is 2. The molecule has 0 aliphatic carbocycles. The predicted molar refractivity (Wildman–Crippen MR) is 164 cm³/mol. The van der Waals surface area contributed by atoms with Crippen LogP contribution in [0.2, 0.25) is 0 Å². The Labute approximate surface area is 251 Å². The third kappa shape index (κ3) is 6.59. The molecule has 42 heavy (non-hydrogen) atoms. The van der Waals surface area contributed by atoms with Crippen molar-refractivity contribution in [1.29, 1.82) is 0 Å². The van der Waals surface area contributed by atoms with E-state index in [0.29, 0.717) is 34.2 Å². The number of aliphatic hydroxyl groups is 1. The molecule has 3 N–H and O–H groups in total. The molecule has 2 aromatic carbocycles. The quantitative estimate of drug-likeness (QED) is 0.258. The molecule has 4 heterocycles. The van der Waals surface area contributed by atoms with Crippen LogP contribution < -0.4 is 10.1 Å². The van der Waals surface area contributed by atoms with E-state index in [1.807, 2.05) is 24.3 Å². The van der Waals surface area contributed by atoms with Crippen molar-refractivity contribution in [3.8, 4) is 5.75 Å². The van der Waals surface area contributed by atoms with Gasteiger partial charge in [-0.05, 0) is 61.1 Å². The number of aromatic amines is 1. The number of halogens is 2. The molecule has 6 rings (SSSR count). The van der Waals surface area contributed by atoms with Crippen molar-refractivity contribution in [2.24, 2.45) is 11.8 Å². The number of hydrogen-bond acceptors (Lipinski definition) is 6. The van der Waals surface area contributed by atoms with E-state index in [1.54, 1.807) is 12.3 Å². The van der Waals surface area contributed by atoms with E-state index in [4.69, 9.17) is 9.15 Å². The molecular weight excluding hydrogens is 559 g/mol. The summed E-state index contributed by atoms with van der Waals surface area (Å²) >= 11 is 0. The smallest absolute Gasteiger partial charge is 0.267 e. The lowest BCUT2D eigenvalue weighted by Crippen LogP contribution is -2.50.